The van der Waals surface area contributed by atoms with E-state index in [4.69, 9.17) is 59.8 Å². The second kappa shape index (κ2) is 53.4. The molecule has 12 amide bonds. The van der Waals surface area contributed by atoms with Crippen LogP contribution in [0.4, 0.5) is 0 Å². The van der Waals surface area contributed by atoms with Gasteiger partial charge in [-0.1, -0.05) is 0 Å². The van der Waals surface area contributed by atoms with Gasteiger partial charge in [-0.3, -0.25) is 76.7 Å². The number of carbonyl (C=O) groups excluding carboxylic acids is 12. The maximum Gasteiger partial charge on any atom is 0.326 e. The van der Waals surface area contributed by atoms with Crippen LogP contribution in [0.1, 0.15) is 133 Å². The molecule has 0 aromatic carbocycles. The van der Waals surface area contributed by atoms with Crippen molar-refractivity contribution in [3.8, 4) is 0 Å². The number of aliphatic hydroxyl groups is 8. The van der Waals surface area contributed by atoms with Gasteiger partial charge in [0, 0.05) is 33.6 Å². The number of carboxylic acids is 6. The summed E-state index contributed by atoms with van der Waals surface area (Å²) in [5.74, 6) is -21.8. The molecular weight excluding hydrogens is 1770 g/mol. The fourth-order valence-corrected chi connectivity index (χ4v) is 13.7. The van der Waals surface area contributed by atoms with Gasteiger partial charge in [0.25, 0.3) is 0 Å². The molecule has 744 valence electrons. The first-order chi connectivity index (χ1) is 61.2. The zero-order valence-corrected chi connectivity index (χ0v) is 73.0. The highest BCUT2D eigenvalue weighted by molar-refractivity contribution is 5.95. The Kier molecular flexibility index (Phi) is 46.0. The number of hydrogen-bond donors (Lipinski definition) is 29. The molecule has 0 spiro atoms. The van der Waals surface area contributed by atoms with Crippen LogP contribution >= 0.6 is 0 Å². The molecule has 4 heterocycles. The number of nitrogens with one attached hydrogen (secondary N) is 12. The van der Waals surface area contributed by atoms with Crippen molar-refractivity contribution in [1.29, 1.82) is 0 Å². The van der Waals surface area contributed by atoms with Crippen LogP contribution in [0.15, 0.2) is 0 Å². The lowest BCUT2D eigenvalue weighted by molar-refractivity contribution is -0.365. The van der Waals surface area contributed by atoms with E-state index in [1.54, 1.807) is 0 Å². The van der Waals surface area contributed by atoms with Crippen molar-refractivity contribution >= 4 is 107 Å². The lowest BCUT2D eigenvalue weighted by Gasteiger charge is -2.51. The Labute approximate surface area is 746 Å². The fraction of sp³-hybridized carbons (Fsp3) is 0.760. The van der Waals surface area contributed by atoms with Crippen LogP contribution in [0.3, 0.4) is 0 Å². The molecule has 0 bridgehead atoms. The van der Waals surface area contributed by atoms with Crippen LogP contribution in [0.5, 0.6) is 0 Å². The number of hydrogen-bond acceptors (Lipinski definition) is 38. The number of aliphatic hydroxyl groups excluding tert-OH is 8. The van der Waals surface area contributed by atoms with Crippen molar-refractivity contribution in [3.05, 3.63) is 0 Å². The van der Waals surface area contributed by atoms with E-state index in [0.717, 1.165) is 62.3 Å². The van der Waals surface area contributed by atoms with E-state index >= 15 is 0 Å². The van der Waals surface area contributed by atoms with Crippen LogP contribution in [0, 0.1) is 0 Å². The second-order valence-electron chi connectivity index (χ2n) is 31.6. The molecular formula is C75H123N15O41. The predicted molar refractivity (Wildman–Crippen MR) is 431 cm³/mol. The molecule has 131 heavy (non-hydrogen) atoms. The van der Waals surface area contributed by atoms with Crippen LogP contribution in [-0.2, 0) is 129 Å². The molecule has 56 heteroatoms. The summed E-state index contributed by atoms with van der Waals surface area (Å²) in [7, 11) is 0. The number of carboxylic acid groups (broad SMARTS) is 6. The Balaban J connectivity index is 1.66. The van der Waals surface area contributed by atoms with E-state index < -0.39 is 360 Å². The monoisotopic (exact) mass is 1890 g/mol. The van der Waals surface area contributed by atoms with Gasteiger partial charge in [0.15, 0.2) is 25.2 Å². The minimum atomic E-state index is -2.28. The van der Waals surface area contributed by atoms with E-state index in [1.807, 2.05) is 0 Å². The van der Waals surface area contributed by atoms with E-state index in [-0.39, 0.29) is 38.5 Å². The minimum Gasteiger partial charge on any atom is -0.480 e. The summed E-state index contributed by atoms with van der Waals surface area (Å²) >= 11 is 0. The molecule has 0 aromatic heterocycles. The number of amides is 12. The average molecular weight is 1890 g/mol. The highest BCUT2D eigenvalue weighted by atomic mass is 16.8. The zero-order chi connectivity index (χ0) is 99.2. The molecule has 4 saturated heterocycles. The molecule has 32 N–H and O–H groups in total. The van der Waals surface area contributed by atoms with Crippen molar-refractivity contribution in [3.63, 3.8) is 0 Å². The van der Waals surface area contributed by atoms with Gasteiger partial charge >= 0.3 is 35.8 Å². The number of aliphatic carboxylic acids is 6. The summed E-state index contributed by atoms with van der Waals surface area (Å²) in [5.41, 5.74) is 17.4. The van der Waals surface area contributed by atoms with Gasteiger partial charge < -0.3 is 195 Å². The maximum absolute atomic E-state index is 14.4. The van der Waals surface area contributed by atoms with Gasteiger partial charge in [0.1, 0.15) is 170 Å². The molecule has 56 nitrogen and oxygen atoms in total. The first-order valence-corrected chi connectivity index (χ1v) is 41.4. The highest BCUT2D eigenvalue weighted by Gasteiger charge is 2.58. The van der Waals surface area contributed by atoms with Gasteiger partial charge in [0.2, 0.25) is 70.9 Å². The zero-order valence-electron chi connectivity index (χ0n) is 73.0. The molecule has 4 fully saturated rings. The third-order valence-electron chi connectivity index (χ3n) is 21.1. The van der Waals surface area contributed by atoms with Crippen molar-refractivity contribution < 1.29 is 200 Å². The molecule has 33 atom stereocenters. The lowest BCUT2D eigenvalue weighted by atomic mass is 9.93. The molecule has 4 aliphatic heterocycles. The summed E-state index contributed by atoms with van der Waals surface area (Å²) < 4.78 is 55.3. The lowest BCUT2D eigenvalue weighted by Crippen LogP contribution is -2.72. The Hall–Kier alpha value is -10.3. The smallest absolute Gasteiger partial charge is 0.326 e. The third-order valence-corrected chi connectivity index (χ3v) is 21.1. The summed E-state index contributed by atoms with van der Waals surface area (Å²) in [5, 5.41) is 174. The molecule has 33 unspecified atom stereocenters. The SMILES string of the molecule is CC(=O)NC1C(OC2C(CO)OC(O)C(NC(C)=O)C2OC(C)C(=O)NC(C)C(=O)NC(CCC(=O)NC(CCCC(N)C(=O)O)C(=O)NC(C)C(=O)O)C(=O)O)OC(CO)C(OC2OC(CO)C(OC3OC(CO)C(O)C(O)C3N)C(OC(C)C(=O)NC(C)C(=O)NC(CCC(=O)NC(CCCC(N)C(=O)O)C(=O)NC(C)C(=O)NC(C)C(=O)O)C(=O)O)C2NC(C)=O)C1O. The number of carbonyl (C=O) groups is 18. The van der Waals surface area contributed by atoms with E-state index in [0.29, 0.717) is 0 Å². The molecule has 4 aliphatic rings. The molecule has 0 aliphatic carbocycles. The van der Waals surface area contributed by atoms with Gasteiger partial charge in [-0.25, -0.2) is 9.59 Å². The van der Waals surface area contributed by atoms with Gasteiger partial charge in [-0.2, -0.15) is 0 Å². The third kappa shape index (κ3) is 34.3. The van der Waals surface area contributed by atoms with Crippen molar-refractivity contribution in [2.24, 2.45) is 17.2 Å². The van der Waals surface area contributed by atoms with E-state index in [1.165, 1.54) is 6.92 Å². The number of rotatable bonds is 53. The Bertz CT molecular complexity index is 3930. The van der Waals surface area contributed by atoms with E-state index in [9.17, 15) is 158 Å². The van der Waals surface area contributed by atoms with Gasteiger partial charge in [-0.15, -0.1) is 0 Å². The van der Waals surface area contributed by atoms with Gasteiger partial charge in [-0.05, 0) is 99.8 Å². The summed E-state index contributed by atoms with van der Waals surface area (Å²) in [4.78, 5) is 232. The topological polar surface area (TPSA) is 896 Å². The van der Waals surface area contributed by atoms with Crippen LogP contribution in [-0.4, -0.2) is 406 Å². The second-order valence-corrected chi connectivity index (χ2v) is 31.6. The van der Waals surface area contributed by atoms with E-state index in [2.05, 4.69) is 63.8 Å². The minimum absolute atomic E-state index is 0.0681. The highest BCUT2D eigenvalue weighted by Crippen LogP contribution is 2.37. The quantitative estimate of drug-likeness (QED) is 0.0269. The fourth-order valence-electron chi connectivity index (χ4n) is 13.7. The maximum atomic E-state index is 14.4. The largest absolute Gasteiger partial charge is 0.480 e. The standard InChI is InChI=1S/C75H123N15O41/c1-25(59(103)82-28(4)66(110)111)81-64(108)37(15-11-13-35(76)68(114)115)87-45(98)19-17-39(70(118)119)90-61(105)27(3)80-63(107)31(7)124-58-50(86-34(10)97)75(128-44(24-94)56(58)130-73-47(78)52(101)51(100)41(21-91)126-73)129-54-42(22-92)127-74(48(53(54)102)84-32(8)95)131-55-43(23-93)125-72(122)49(85-33(9)96)57(55)123-30(6)62(106)79-26(2)60(104)89-40(71(120)121)18-20-46(99)88-38(16-12-14-36(77)69(116)117)65(109)83-29(5)67(112)113/h25-31,35-44,47-58,72-75,91-94,100-102,122H,11-24,76-78H2,1-10H3,(H,79,106)(H,80,107)(H,81,108)(H,82,103)(H,83,109)(H,84,95)(H,85,96)(H,86,97)(H,87,98)(H,88,99)(H,89,104)(H,90,105)(H,110,111)(H,112,113)(H,114,115)(H,116,117)(H,118,119)(H,120,121). The van der Waals surface area contributed by atoms with Gasteiger partial charge in [0.05, 0.1) is 32.5 Å². The molecule has 0 saturated carbocycles. The predicted octanol–water partition coefficient (Wildman–Crippen LogP) is -14.0. The normalized spacial score (nSPS) is 28.4. The van der Waals surface area contributed by atoms with Crippen molar-refractivity contribution in [2.75, 3.05) is 26.4 Å². The van der Waals surface area contributed by atoms with Crippen LogP contribution in [0.25, 0.3) is 0 Å². The Morgan fingerprint density at radius 1 is 0.328 bits per heavy atom. The summed E-state index contributed by atoms with van der Waals surface area (Å²) in [6.07, 6.45) is -39.5. The summed E-state index contributed by atoms with van der Waals surface area (Å²) in [6, 6.07) is -24.7. The first-order valence-electron chi connectivity index (χ1n) is 41.4. The Morgan fingerprint density at radius 2 is 0.656 bits per heavy atom. The molecule has 4 rings (SSSR count). The molecule has 0 radical (unpaired) electrons. The van der Waals surface area contributed by atoms with Crippen LogP contribution < -0.4 is 81.0 Å². The van der Waals surface area contributed by atoms with Crippen molar-refractivity contribution in [2.45, 2.75) is 335 Å². The number of ether oxygens (including phenoxy) is 9. The average Bonchev–Trinajstić information content (AvgIpc) is 0.757. The molecule has 0 aromatic rings. The summed E-state index contributed by atoms with van der Waals surface area (Å²) in [6.45, 7) is 5.99. The number of nitrogens with two attached hydrogens (primary N) is 3. The Morgan fingerprint density at radius 3 is 1.05 bits per heavy atom. The van der Waals surface area contributed by atoms with Crippen LogP contribution in [0.2, 0.25) is 0 Å². The first kappa shape index (κ1) is 113. The van der Waals surface area contributed by atoms with Crippen molar-refractivity contribution in [1.82, 2.24) is 63.8 Å².